The maximum Gasteiger partial charge on any atom is 0.416 e. The summed E-state index contributed by atoms with van der Waals surface area (Å²) in [6.45, 7) is 0.185. The van der Waals surface area contributed by atoms with Gasteiger partial charge in [-0.3, -0.25) is 9.69 Å². The number of rotatable bonds is 10. The van der Waals surface area contributed by atoms with E-state index in [9.17, 15) is 28.2 Å². The van der Waals surface area contributed by atoms with E-state index in [1.54, 1.807) is 4.90 Å². The highest BCUT2D eigenvalue weighted by atomic mass is 35.5. The van der Waals surface area contributed by atoms with Crippen LogP contribution in [0, 0.1) is 0 Å². The van der Waals surface area contributed by atoms with Crippen LogP contribution in [0.4, 0.5) is 13.2 Å². The van der Waals surface area contributed by atoms with Crippen molar-refractivity contribution in [3.63, 3.8) is 0 Å². The summed E-state index contributed by atoms with van der Waals surface area (Å²) in [5.74, 6) is -0.298. The molecule has 7 nitrogen and oxygen atoms in total. The van der Waals surface area contributed by atoms with Crippen LogP contribution in [0.25, 0.3) is 22.0 Å². The average molecular weight is 533 g/mol. The predicted octanol–water partition coefficient (Wildman–Crippen LogP) is 3.31. The smallest absolute Gasteiger partial charge is 0.416 e. The highest BCUT2D eigenvalue weighted by Gasteiger charge is 2.31. The zero-order valence-electron chi connectivity index (χ0n) is 18.3. The topological polar surface area (TPSA) is 117 Å². The Morgan fingerprint density at radius 2 is 1.77 bits per heavy atom. The van der Waals surface area contributed by atoms with Crippen molar-refractivity contribution in [2.75, 3.05) is 38.6 Å². The molecule has 2 aromatic carbocycles. The Hall–Kier alpha value is -2.28. The minimum absolute atomic E-state index is 0.00399. The van der Waals surface area contributed by atoms with Gasteiger partial charge in [0.25, 0.3) is 5.56 Å². The highest BCUT2D eigenvalue weighted by Crippen LogP contribution is 2.42. The maximum atomic E-state index is 13.5. The Kier molecular flexibility index (Phi) is 9.08. The second-order valence-corrected chi connectivity index (χ2v) is 9.26. The molecule has 0 saturated carbocycles. The molecule has 0 amide bonds. The molecule has 3 aromatic rings. The van der Waals surface area contributed by atoms with E-state index >= 15 is 0 Å². The van der Waals surface area contributed by atoms with Crippen molar-refractivity contribution in [2.45, 2.75) is 17.2 Å². The predicted molar refractivity (Wildman–Crippen MR) is 129 cm³/mol. The third-order valence-electron chi connectivity index (χ3n) is 5.25. The van der Waals surface area contributed by atoms with E-state index in [1.807, 2.05) is 0 Å². The number of alkyl halides is 3. The van der Waals surface area contributed by atoms with Crippen LogP contribution in [-0.2, 0) is 6.18 Å². The zero-order valence-corrected chi connectivity index (χ0v) is 19.9. The number of fused-ring (bicyclic) bond motifs is 1. The molecule has 35 heavy (non-hydrogen) atoms. The van der Waals surface area contributed by atoms with Gasteiger partial charge in [0.2, 0.25) is 0 Å². The van der Waals surface area contributed by atoms with Gasteiger partial charge in [-0.2, -0.15) is 13.2 Å². The molecule has 3 rings (SSSR count). The largest absolute Gasteiger partial charge is 0.507 e. The van der Waals surface area contributed by atoms with Gasteiger partial charge in [-0.25, -0.2) is 0 Å². The second-order valence-electron chi connectivity index (χ2n) is 7.79. The molecule has 1 unspecified atom stereocenters. The summed E-state index contributed by atoms with van der Waals surface area (Å²) in [6, 6.07) is 6.94. The van der Waals surface area contributed by atoms with Crippen LogP contribution >= 0.6 is 23.4 Å². The van der Waals surface area contributed by atoms with E-state index in [-0.39, 0.29) is 76.3 Å². The number of benzene rings is 2. The van der Waals surface area contributed by atoms with Gasteiger partial charge in [0.05, 0.1) is 29.8 Å². The summed E-state index contributed by atoms with van der Waals surface area (Å²) in [6.07, 6.45) is -5.62. The van der Waals surface area contributed by atoms with E-state index in [2.05, 4.69) is 4.98 Å². The Balaban J connectivity index is 2.10. The Labute approximate surface area is 207 Å². The monoisotopic (exact) mass is 532 g/mol. The quantitative estimate of drug-likeness (QED) is 0.254. The number of phenols is 1. The number of aromatic nitrogens is 1. The molecule has 0 fully saturated rings. The molecule has 190 valence electrons. The van der Waals surface area contributed by atoms with Crippen molar-refractivity contribution in [3.05, 3.63) is 57.3 Å². The molecule has 1 aromatic heterocycles. The SMILES string of the molecule is O=c1[nH]c2ccc(C(F)(F)F)cc2c(-c2cc(Cl)ccc2O)c1SCC(O)CN(CCO)CCO. The first kappa shape index (κ1) is 27.3. The molecular formula is C23H24ClF3N2O5S. The number of thioether (sulfide) groups is 1. The van der Waals surface area contributed by atoms with Crippen LogP contribution in [0.15, 0.2) is 46.1 Å². The number of aliphatic hydroxyl groups is 3. The fraction of sp³-hybridized carbons (Fsp3) is 0.348. The third kappa shape index (κ3) is 6.69. The van der Waals surface area contributed by atoms with Crippen LogP contribution in [0.2, 0.25) is 5.02 Å². The fourth-order valence-electron chi connectivity index (χ4n) is 3.67. The van der Waals surface area contributed by atoms with Gasteiger partial charge < -0.3 is 25.4 Å². The number of aromatic amines is 1. The molecule has 0 aliphatic rings. The number of hydrogen-bond donors (Lipinski definition) is 5. The van der Waals surface area contributed by atoms with Crippen LogP contribution in [-0.4, -0.2) is 75.0 Å². The van der Waals surface area contributed by atoms with Gasteiger partial charge in [0, 0.05) is 52.4 Å². The summed E-state index contributed by atoms with van der Waals surface area (Å²) >= 11 is 7.00. The maximum absolute atomic E-state index is 13.5. The van der Waals surface area contributed by atoms with E-state index in [4.69, 9.17) is 21.8 Å². The number of aliphatic hydroxyl groups excluding tert-OH is 3. The van der Waals surface area contributed by atoms with Crippen molar-refractivity contribution >= 4 is 34.3 Å². The van der Waals surface area contributed by atoms with Gasteiger partial charge in [0.15, 0.2) is 0 Å². The summed E-state index contributed by atoms with van der Waals surface area (Å²) in [7, 11) is 0. The van der Waals surface area contributed by atoms with E-state index in [1.165, 1.54) is 18.2 Å². The molecule has 1 atom stereocenters. The van der Waals surface area contributed by atoms with Crippen molar-refractivity contribution < 1.29 is 33.6 Å². The van der Waals surface area contributed by atoms with Crippen molar-refractivity contribution in [1.29, 1.82) is 0 Å². The number of phenolic OH excluding ortho intramolecular Hbond substituents is 1. The average Bonchev–Trinajstić information content (AvgIpc) is 2.78. The third-order valence-corrected chi connectivity index (χ3v) is 6.71. The Bertz CT molecular complexity index is 1230. The first-order chi connectivity index (χ1) is 16.5. The van der Waals surface area contributed by atoms with Crippen LogP contribution in [0.5, 0.6) is 5.75 Å². The number of nitrogens with one attached hydrogen (secondary N) is 1. The highest BCUT2D eigenvalue weighted by molar-refractivity contribution is 7.99. The van der Waals surface area contributed by atoms with Gasteiger partial charge in [0.1, 0.15) is 5.75 Å². The molecule has 5 N–H and O–H groups in total. The van der Waals surface area contributed by atoms with Gasteiger partial charge in [-0.1, -0.05) is 11.6 Å². The molecule has 1 heterocycles. The number of nitrogens with zero attached hydrogens (tertiary/aromatic N) is 1. The van der Waals surface area contributed by atoms with E-state index in [0.29, 0.717) is 0 Å². The Morgan fingerprint density at radius 3 is 2.40 bits per heavy atom. The number of hydrogen-bond acceptors (Lipinski definition) is 7. The molecule has 0 radical (unpaired) electrons. The summed E-state index contributed by atoms with van der Waals surface area (Å²) in [4.78, 5) is 17.2. The standard InChI is InChI=1S/C23H24ClF3N2O5S/c24-14-2-4-19(33)17(10-14)20-16-9-13(23(25,26)27)1-3-18(16)28-22(34)21(20)35-12-15(32)11-29(5-7-30)6-8-31/h1-4,9-10,15,30-33H,5-8,11-12H2,(H,28,34). The van der Waals surface area contributed by atoms with Crippen molar-refractivity contribution in [2.24, 2.45) is 0 Å². The lowest BCUT2D eigenvalue weighted by Crippen LogP contribution is -2.37. The second kappa shape index (κ2) is 11.6. The van der Waals surface area contributed by atoms with Crippen LogP contribution in [0.3, 0.4) is 0 Å². The lowest BCUT2D eigenvalue weighted by molar-refractivity contribution is -0.137. The van der Waals surface area contributed by atoms with Crippen LogP contribution < -0.4 is 5.56 Å². The number of aromatic hydroxyl groups is 1. The summed E-state index contributed by atoms with van der Waals surface area (Å²) < 4.78 is 40.4. The molecule has 12 heteroatoms. The minimum Gasteiger partial charge on any atom is -0.507 e. The normalized spacial score (nSPS) is 13.0. The van der Waals surface area contributed by atoms with Gasteiger partial charge >= 0.3 is 6.18 Å². The van der Waals surface area contributed by atoms with Crippen molar-refractivity contribution in [1.82, 2.24) is 9.88 Å². The summed E-state index contributed by atoms with van der Waals surface area (Å²) in [5, 5.41) is 39.5. The number of H-pyrrole nitrogens is 1. The fourth-order valence-corrected chi connectivity index (χ4v) is 4.86. The Morgan fingerprint density at radius 1 is 1.09 bits per heavy atom. The molecule has 0 saturated heterocycles. The van der Waals surface area contributed by atoms with E-state index < -0.39 is 23.4 Å². The number of halogens is 4. The first-order valence-electron chi connectivity index (χ1n) is 10.6. The molecule has 0 spiro atoms. The van der Waals surface area contributed by atoms with Crippen LogP contribution in [0.1, 0.15) is 5.56 Å². The summed E-state index contributed by atoms with van der Waals surface area (Å²) in [5.41, 5.74) is -1.26. The molecule has 0 bridgehead atoms. The zero-order chi connectivity index (χ0) is 25.8. The lowest BCUT2D eigenvalue weighted by Gasteiger charge is -2.23. The number of pyridine rings is 1. The molecule has 0 aliphatic carbocycles. The van der Waals surface area contributed by atoms with Gasteiger partial charge in [-0.15, -0.1) is 11.8 Å². The minimum atomic E-state index is -4.63. The molecule has 0 aliphatic heterocycles. The van der Waals surface area contributed by atoms with Crippen molar-refractivity contribution in [3.8, 4) is 16.9 Å². The van der Waals surface area contributed by atoms with E-state index in [0.717, 1.165) is 30.0 Å². The first-order valence-corrected chi connectivity index (χ1v) is 11.9. The molecular weight excluding hydrogens is 509 g/mol. The lowest BCUT2D eigenvalue weighted by atomic mass is 9.98. The van der Waals surface area contributed by atoms with Gasteiger partial charge in [-0.05, 0) is 36.4 Å².